The summed E-state index contributed by atoms with van der Waals surface area (Å²) in [4.78, 5) is 12.1. The molecule has 21 heavy (non-hydrogen) atoms. The van der Waals surface area contributed by atoms with Gasteiger partial charge in [-0.2, -0.15) is 0 Å². The average Bonchev–Trinajstić information content (AvgIpc) is 2.83. The highest BCUT2D eigenvalue weighted by atomic mass is 32.2. The van der Waals surface area contributed by atoms with Crippen LogP contribution in [0.15, 0.2) is 24.3 Å². The van der Waals surface area contributed by atoms with E-state index in [4.69, 9.17) is 5.73 Å². The smallest absolute Gasteiger partial charge is 0.251 e. The number of nitrogens with zero attached hydrogens (tertiary/aromatic N) is 1. The second-order valence-electron chi connectivity index (χ2n) is 5.34. The highest BCUT2D eigenvalue weighted by Crippen LogP contribution is 2.24. The molecule has 116 valence electrons. The minimum absolute atomic E-state index is 0.164. The van der Waals surface area contributed by atoms with E-state index in [-0.39, 0.29) is 17.6 Å². The van der Waals surface area contributed by atoms with Gasteiger partial charge in [0.15, 0.2) is 0 Å². The molecule has 1 heterocycles. The molecule has 0 radical (unpaired) electrons. The highest BCUT2D eigenvalue weighted by Gasteiger charge is 2.28. The first kappa shape index (κ1) is 15.8. The third-order valence-corrected chi connectivity index (χ3v) is 5.38. The summed E-state index contributed by atoms with van der Waals surface area (Å²) >= 11 is 0. The lowest BCUT2D eigenvalue weighted by Gasteiger charge is -2.17. The van der Waals surface area contributed by atoms with Crippen LogP contribution in [0.1, 0.15) is 23.7 Å². The zero-order valence-corrected chi connectivity index (χ0v) is 12.9. The van der Waals surface area contributed by atoms with Gasteiger partial charge < -0.3 is 11.1 Å². The third-order valence-electron chi connectivity index (χ3n) is 3.51. The minimum Gasteiger partial charge on any atom is -0.352 e. The number of carbonyl (C=O) groups is 1. The van der Waals surface area contributed by atoms with E-state index in [9.17, 15) is 13.2 Å². The lowest BCUT2D eigenvalue weighted by atomic mass is 10.1. The fourth-order valence-electron chi connectivity index (χ4n) is 2.18. The maximum absolute atomic E-state index is 12.1. The maximum atomic E-state index is 12.1. The van der Waals surface area contributed by atoms with Crippen molar-refractivity contribution in [2.45, 2.75) is 13.3 Å². The number of benzene rings is 1. The normalized spacial score (nSPS) is 18.5. The molecule has 0 bridgehead atoms. The Labute approximate surface area is 125 Å². The number of hydrogen-bond acceptors (Lipinski definition) is 4. The number of anilines is 1. The molecule has 1 unspecified atom stereocenters. The maximum Gasteiger partial charge on any atom is 0.251 e. The van der Waals surface area contributed by atoms with Gasteiger partial charge in [-0.1, -0.05) is 13.0 Å². The Morgan fingerprint density at radius 3 is 2.86 bits per heavy atom. The number of amides is 1. The molecule has 1 amide bonds. The quantitative estimate of drug-likeness (QED) is 0.830. The summed E-state index contributed by atoms with van der Waals surface area (Å²) in [6.07, 6.45) is 0.618. The summed E-state index contributed by atoms with van der Waals surface area (Å²) in [5, 5.41) is 2.80. The molecule has 1 aliphatic heterocycles. The number of sulfonamides is 1. The predicted molar refractivity (Wildman–Crippen MR) is 82.7 cm³/mol. The van der Waals surface area contributed by atoms with Crippen LogP contribution in [0, 0.1) is 5.92 Å². The third kappa shape index (κ3) is 3.74. The Balaban J connectivity index is 2.13. The van der Waals surface area contributed by atoms with Crippen molar-refractivity contribution in [2.75, 3.05) is 29.7 Å². The molecule has 1 aromatic carbocycles. The van der Waals surface area contributed by atoms with Gasteiger partial charge in [-0.05, 0) is 37.1 Å². The van der Waals surface area contributed by atoms with Crippen molar-refractivity contribution in [3.63, 3.8) is 0 Å². The molecule has 7 heteroatoms. The number of carbonyl (C=O) groups excluding carboxylic acids is 1. The number of rotatable bonds is 5. The summed E-state index contributed by atoms with van der Waals surface area (Å²) in [7, 11) is -3.23. The Morgan fingerprint density at radius 2 is 2.24 bits per heavy atom. The molecule has 1 atom stereocenters. The lowest BCUT2D eigenvalue weighted by molar-refractivity contribution is 0.0948. The van der Waals surface area contributed by atoms with Crippen LogP contribution in [0.3, 0.4) is 0 Å². The van der Waals surface area contributed by atoms with Gasteiger partial charge in [-0.15, -0.1) is 0 Å². The van der Waals surface area contributed by atoms with Crippen molar-refractivity contribution in [3.8, 4) is 0 Å². The summed E-state index contributed by atoms with van der Waals surface area (Å²) in [6.45, 7) is 3.43. The minimum atomic E-state index is -3.23. The van der Waals surface area contributed by atoms with Crippen LogP contribution in [0.2, 0.25) is 0 Å². The van der Waals surface area contributed by atoms with Crippen LogP contribution < -0.4 is 15.4 Å². The van der Waals surface area contributed by atoms with Crippen molar-refractivity contribution in [1.29, 1.82) is 0 Å². The molecule has 3 N–H and O–H groups in total. The number of nitrogens with one attached hydrogen (secondary N) is 1. The molecule has 0 aromatic heterocycles. The second-order valence-corrected chi connectivity index (χ2v) is 7.36. The monoisotopic (exact) mass is 311 g/mol. The van der Waals surface area contributed by atoms with E-state index in [0.717, 1.165) is 0 Å². The van der Waals surface area contributed by atoms with E-state index in [1.807, 2.05) is 6.92 Å². The van der Waals surface area contributed by atoms with Gasteiger partial charge >= 0.3 is 0 Å². The molecule has 1 aliphatic rings. The fraction of sp³-hybridized carbons (Fsp3) is 0.500. The van der Waals surface area contributed by atoms with Crippen molar-refractivity contribution >= 4 is 21.6 Å². The topological polar surface area (TPSA) is 92.5 Å². The highest BCUT2D eigenvalue weighted by molar-refractivity contribution is 7.93. The molecule has 1 saturated heterocycles. The predicted octanol–water partition coefficient (Wildman–Crippen LogP) is 0.551. The molecule has 6 nitrogen and oxygen atoms in total. The van der Waals surface area contributed by atoms with E-state index in [2.05, 4.69) is 5.32 Å². The SMILES string of the molecule is CC(CN)CNC(=O)c1cccc(N2CCCS2(=O)=O)c1. The van der Waals surface area contributed by atoms with Crippen LogP contribution in [0.5, 0.6) is 0 Å². The van der Waals surface area contributed by atoms with Crippen LogP contribution in [0.25, 0.3) is 0 Å². The van der Waals surface area contributed by atoms with E-state index < -0.39 is 10.0 Å². The molecular weight excluding hydrogens is 290 g/mol. The first-order valence-electron chi connectivity index (χ1n) is 7.03. The van der Waals surface area contributed by atoms with Gasteiger partial charge in [0.25, 0.3) is 5.91 Å². The number of hydrogen-bond donors (Lipinski definition) is 2. The molecule has 2 rings (SSSR count). The van der Waals surface area contributed by atoms with Gasteiger partial charge in [-0.25, -0.2) is 8.42 Å². The average molecular weight is 311 g/mol. The first-order chi connectivity index (χ1) is 9.94. The molecular formula is C14H21N3O3S. The Bertz CT molecular complexity index is 616. The Kier molecular flexibility index (Phi) is 4.84. The standard InChI is InChI=1S/C14H21N3O3S/c1-11(9-15)10-16-14(18)12-4-2-5-13(8-12)17-6-3-7-21(17,19)20/h2,4-5,8,11H,3,6-7,9-10,15H2,1H3,(H,16,18). The van der Waals surface area contributed by atoms with Gasteiger partial charge in [0.2, 0.25) is 10.0 Å². The molecule has 0 spiro atoms. The zero-order chi connectivity index (χ0) is 15.5. The lowest BCUT2D eigenvalue weighted by Crippen LogP contribution is -2.31. The first-order valence-corrected chi connectivity index (χ1v) is 8.63. The second kappa shape index (κ2) is 6.44. The van der Waals surface area contributed by atoms with E-state index in [1.54, 1.807) is 24.3 Å². The molecule has 1 aromatic rings. The fourth-order valence-corrected chi connectivity index (χ4v) is 3.74. The van der Waals surface area contributed by atoms with Gasteiger partial charge in [0.1, 0.15) is 0 Å². The van der Waals surface area contributed by atoms with Crippen molar-refractivity contribution in [3.05, 3.63) is 29.8 Å². The van der Waals surface area contributed by atoms with Crippen LogP contribution in [-0.2, 0) is 10.0 Å². The largest absolute Gasteiger partial charge is 0.352 e. The van der Waals surface area contributed by atoms with Crippen molar-refractivity contribution in [1.82, 2.24) is 5.32 Å². The van der Waals surface area contributed by atoms with E-state index in [1.165, 1.54) is 4.31 Å². The van der Waals surface area contributed by atoms with Crippen molar-refractivity contribution in [2.24, 2.45) is 11.7 Å². The van der Waals surface area contributed by atoms with E-state index >= 15 is 0 Å². The van der Waals surface area contributed by atoms with Gasteiger partial charge in [0, 0.05) is 18.7 Å². The molecule has 0 aliphatic carbocycles. The van der Waals surface area contributed by atoms with Crippen LogP contribution in [-0.4, -0.2) is 39.7 Å². The molecule has 0 saturated carbocycles. The van der Waals surface area contributed by atoms with Gasteiger partial charge in [-0.3, -0.25) is 9.10 Å². The summed E-state index contributed by atoms with van der Waals surface area (Å²) in [5.41, 5.74) is 6.51. The summed E-state index contributed by atoms with van der Waals surface area (Å²) < 4.78 is 25.2. The number of nitrogens with two attached hydrogens (primary N) is 1. The van der Waals surface area contributed by atoms with Crippen LogP contribution >= 0.6 is 0 Å². The van der Waals surface area contributed by atoms with Crippen molar-refractivity contribution < 1.29 is 13.2 Å². The summed E-state index contributed by atoms with van der Waals surface area (Å²) in [5.74, 6) is 0.155. The van der Waals surface area contributed by atoms with Gasteiger partial charge in [0.05, 0.1) is 11.4 Å². The molecule has 1 fully saturated rings. The Hall–Kier alpha value is -1.60. The Morgan fingerprint density at radius 1 is 1.48 bits per heavy atom. The summed E-state index contributed by atoms with van der Waals surface area (Å²) in [6, 6.07) is 6.70. The van der Waals surface area contributed by atoms with E-state index in [0.29, 0.717) is 37.3 Å². The van der Waals surface area contributed by atoms with Crippen LogP contribution in [0.4, 0.5) is 5.69 Å². The zero-order valence-electron chi connectivity index (χ0n) is 12.1.